The maximum atomic E-state index is 11.4. The number of aliphatic carboxylic acids is 1. The molecule has 2 rings (SSSR count). The molecule has 0 amide bonds. The van der Waals surface area contributed by atoms with Gasteiger partial charge in [0.25, 0.3) is 0 Å². The van der Waals surface area contributed by atoms with Crippen molar-refractivity contribution in [3.8, 4) is 11.6 Å². The number of halogens is 1. The van der Waals surface area contributed by atoms with Crippen molar-refractivity contribution in [2.24, 2.45) is 11.3 Å². The van der Waals surface area contributed by atoms with Gasteiger partial charge in [0.1, 0.15) is 0 Å². The molecule has 0 bridgehead atoms. The Morgan fingerprint density at radius 1 is 1.48 bits per heavy atom. The zero-order chi connectivity index (χ0) is 15.6. The molecule has 2 aromatic heterocycles. The number of hydrogen-bond acceptors (Lipinski definition) is 5. The first-order valence-electron chi connectivity index (χ1n) is 6.51. The molecule has 7 nitrogen and oxygen atoms in total. The van der Waals surface area contributed by atoms with Crippen LogP contribution in [0.4, 0.5) is 0 Å². The van der Waals surface area contributed by atoms with Crippen molar-refractivity contribution in [3.05, 3.63) is 16.8 Å². The van der Waals surface area contributed by atoms with Crippen molar-refractivity contribution in [1.82, 2.24) is 20.2 Å². The molecule has 0 saturated heterocycles. The topological polar surface area (TPSA) is 94.0 Å². The Bertz CT molecular complexity index is 629. The summed E-state index contributed by atoms with van der Waals surface area (Å²) in [6, 6.07) is 3.46. The molecule has 1 N–H and O–H groups in total. The molecular weight excluding hydrogens is 340 g/mol. The van der Waals surface area contributed by atoms with E-state index >= 15 is 0 Å². The quantitative estimate of drug-likeness (QED) is 0.884. The molecule has 0 radical (unpaired) electrons. The van der Waals surface area contributed by atoms with Gasteiger partial charge in [-0.25, -0.2) is 4.68 Å². The fourth-order valence-corrected chi connectivity index (χ4v) is 2.42. The predicted octanol–water partition coefficient (Wildman–Crippen LogP) is 2.83. The Balaban J connectivity index is 2.22. The molecule has 8 heteroatoms. The first kappa shape index (κ1) is 15.7. The molecule has 21 heavy (non-hydrogen) atoms. The lowest BCUT2D eigenvalue weighted by Crippen LogP contribution is -2.26. The van der Waals surface area contributed by atoms with Gasteiger partial charge in [-0.2, -0.15) is 0 Å². The van der Waals surface area contributed by atoms with Crippen LogP contribution < -0.4 is 0 Å². The molecule has 1 unspecified atom stereocenters. The van der Waals surface area contributed by atoms with Gasteiger partial charge in [-0.15, -0.1) is 5.10 Å². The number of tetrazole rings is 1. The Hall–Kier alpha value is -1.70. The molecule has 0 saturated carbocycles. The van der Waals surface area contributed by atoms with Crippen LogP contribution in [0, 0.1) is 11.3 Å². The summed E-state index contributed by atoms with van der Waals surface area (Å²) in [5.74, 6) is -0.509. The molecular formula is C13H17BrN4O3. The summed E-state index contributed by atoms with van der Waals surface area (Å²) in [6.45, 7) is 6.22. The van der Waals surface area contributed by atoms with Crippen molar-refractivity contribution in [2.75, 3.05) is 0 Å². The summed E-state index contributed by atoms with van der Waals surface area (Å²) in [5.41, 5.74) is -0.0923. The van der Waals surface area contributed by atoms with E-state index in [1.54, 1.807) is 12.1 Å². The van der Waals surface area contributed by atoms with Gasteiger partial charge in [-0.1, -0.05) is 20.8 Å². The van der Waals surface area contributed by atoms with Crippen LogP contribution in [0.2, 0.25) is 0 Å². The molecule has 2 aromatic rings. The van der Waals surface area contributed by atoms with Crippen molar-refractivity contribution < 1.29 is 14.3 Å². The third-order valence-corrected chi connectivity index (χ3v) is 3.35. The molecule has 0 aliphatic rings. The minimum atomic E-state index is -0.855. The molecule has 0 spiro atoms. The first-order chi connectivity index (χ1) is 9.76. The standard InChI is InChI=1S/C13H17BrN4O3/c1-13(2,3)6-8(12(19)20)7-18-11(15-16-17-18)9-4-5-10(14)21-9/h4-5,8H,6-7H2,1-3H3,(H,19,20). The maximum absolute atomic E-state index is 11.4. The van der Waals surface area contributed by atoms with Gasteiger partial charge in [0.2, 0.25) is 5.82 Å². The summed E-state index contributed by atoms with van der Waals surface area (Å²) in [7, 11) is 0. The van der Waals surface area contributed by atoms with E-state index in [1.165, 1.54) is 4.68 Å². The van der Waals surface area contributed by atoms with Gasteiger partial charge < -0.3 is 9.52 Å². The number of hydrogen-bond donors (Lipinski definition) is 1. The van der Waals surface area contributed by atoms with Crippen LogP contribution in [0.1, 0.15) is 27.2 Å². The fourth-order valence-electron chi connectivity index (χ4n) is 2.12. The fraction of sp³-hybridized carbons (Fsp3) is 0.538. The van der Waals surface area contributed by atoms with Crippen LogP contribution in [0.25, 0.3) is 11.6 Å². The van der Waals surface area contributed by atoms with Crippen LogP contribution in [-0.4, -0.2) is 31.3 Å². The lowest BCUT2D eigenvalue weighted by atomic mass is 9.84. The normalized spacial score (nSPS) is 13.3. The Labute approximate surface area is 130 Å². The number of rotatable bonds is 5. The Kier molecular flexibility index (Phi) is 4.46. The van der Waals surface area contributed by atoms with E-state index in [4.69, 9.17) is 4.42 Å². The van der Waals surface area contributed by atoms with Gasteiger partial charge in [0, 0.05) is 0 Å². The minimum Gasteiger partial charge on any atom is -0.481 e. The van der Waals surface area contributed by atoms with Gasteiger partial charge in [0.05, 0.1) is 12.5 Å². The molecule has 0 aromatic carbocycles. The molecule has 0 aliphatic carbocycles. The number of carboxylic acid groups (broad SMARTS) is 1. The highest BCUT2D eigenvalue weighted by atomic mass is 79.9. The van der Waals surface area contributed by atoms with Crippen LogP contribution in [0.3, 0.4) is 0 Å². The highest BCUT2D eigenvalue weighted by molar-refractivity contribution is 9.10. The summed E-state index contributed by atoms with van der Waals surface area (Å²) in [6.07, 6.45) is 0.531. The SMILES string of the molecule is CC(C)(C)CC(Cn1nnnc1-c1ccc(Br)o1)C(=O)O. The molecule has 0 aliphatic heterocycles. The van der Waals surface area contributed by atoms with Crippen molar-refractivity contribution >= 4 is 21.9 Å². The summed E-state index contributed by atoms with van der Waals surface area (Å²) < 4.78 is 7.45. The van der Waals surface area contributed by atoms with Crippen LogP contribution in [0.5, 0.6) is 0 Å². The number of carboxylic acids is 1. The van der Waals surface area contributed by atoms with E-state index in [1.807, 2.05) is 20.8 Å². The summed E-state index contributed by atoms with van der Waals surface area (Å²) >= 11 is 3.22. The second-order valence-electron chi connectivity index (χ2n) is 6.09. The van der Waals surface area contributed by atoms with Gasteiger partial charge in [0.15, 0.2) is 10.4 Å². The average molecular weight is 357 g/mol. The smallest absolute Gasteiger partial charge is 0.308 e. The second kappa shape index (κ2) is 5.97. The number of aromatic nitrogens is 4. The predicted molar refractivity (Wildman–Crippen MR) is 78.4 cm³/mol. The summed E-state index contributed by atoms with van der Waals surface area (Å²) in [4.78, 5) is 11.4. The summed E-state index contributed by atoms with van der Waals surface area (Å²) in [5, 5.41) is 20.8. The minimum absolute atomic E-state index is 0.0923. The molecule has 0 fully saturated rings. The maximum Gasteiger partial charge on any atom is 0.308 e. The van der Waals surface area contributed by atoms with Crippen LogP contribution >= 0.6 is 15.9 Å². The Morgan fingerprint density at radius 3 is 2.71 bits per heavy atom. The van der Waals surface area contributed by atoms with Crippen LogP contribution in [-0.2, 0) is 11.3 Å². The van der Waals surface area contributed by atoms with Gasteiger partial charge in [-0.05, 0) is 50.3 Å². The van der Waals surface area contributed by atoms with E-state index in [0.717, 1.165) is 0 Å². The molecule has 114 valence electrons. The first-order valence-corrected chi connectivity index (χ1v) is 7.30. The van der Waals surface area contributed by atoms with Crippen molar-refractivity contribution in [2.45, 2.75) is 33.7 Å². The largest absolute Gasteiger partial charge is 0.481 e. The lowest BCUT2D eigenvalue weighted by Gasteiger charge is -2.23. The average Bonchev–Trinajstić information content (AvgIpc) is 2.95. The van der Waals surface area contributed by atoms with Crippen molar-refractivity contribution in [3.63, 3.8) is 0 Å². The third kappa shape index (κ3) is 4.13. The highest BCUT2D eigenvalue weighted by Crippen LogP contribution is 2.27. The Morgan fingerprint density at radius 2 is 2.19 bits per heavy atom. The van der Waals surface area contributed by atoms with Crippen molar-refractivity contribution in [1.29, 1.82) is 0 Å². The molecule has 1 atom stereocenters. The lowest BCUT2D eigenvalue weighted by molar-refractivity contribution is -0.143. The number of carbonyl (C=O) groups is 1. The van der Waals surface area contributed by atoms with E-state index in [0.29, 0.717) is 22.7 Å². The number of furan rings is 1. The zero-order valence-corrected chi connectivity index (χ0v) is 13.7. The third-order valence-electron chi connectivity index (χ3n) is 2.93. The number of nitrogens with zero attached hydrogens (tertiary/aromatic N) is 4. The van der Waals surface area contributed by atoms with Gasteiger partial charge in [-0.3, -0.25) is 4.79 Å². The second-order valence-corrected chi connectivity index (χ2v) is 6.87. The monoisotopic (exact) mass is 356 g/mol. The van der Waals surface area contributed by atoms with E-state index in [9.17, 15) is 9.90 Å². The van der Waals surface area contributed by atoms with Gasteiger partial charge >= 0.3 is 5.97 Å². The van der Waals surface area contributed by atoms with E-state index in [2.05, 4.69) is 31.5 Å². The van der Waals surface area contributed by atoms with Crippen LogP contribution in [0.15, 0.2) is 21.2 Å². The van der Waals surface area contributed by atoms with E-state index < -0.39 is 11.9 Å². The highest BCUT2D eigenvalue weighted by Gasteiger charge is 2.27. The van der Waals surface area contributed by atoms with E-state index in [-0.39, 0.29) is 12.0 Å². The molecule has 2 heterocycles. The zero-order valence-electron chi connectivity index (χ0n) is 12.1.